The first kappa shape index (κ1) is 23.4. The van der Waals surface area contributed by atoms with Gasteiger partial charge in [-0.25, -0.2) is 4.79 Å². The summed E-state index contributed by atoms with van der Waals surface area (Å²) in [7, 11) is 1.33. The second kappa shape index (κ2) is 13.3. The summed E-state index contributed by atoms with van der Waals surface area (Å²) in [5.74, 6) is 0.276. The Morgan fingerprint density at radius 2 is 1.40 bits per heavy atom. The van der Waals surface area contributed by atoms with Gasteiger partial charge in [-0.15, -0.1) is 0 Å². The fourth-order valence-corrected chi connectivity index (χ4v) is 2.96. The Morgan fingerprint density at radius 1 is 0.833 bits per heavy atom. The van der Waals surface area contributed by atoms with Gasteiger partial charge in [0.25, 0.3) is 0 Å². The lowest BCUT2D eigenvalue weighted by molar-refractivity contribution is -0.134. The fourth-order valence-electron chi connectivity index (χ4n) is 2.96. The Kier molecular flexibility index (Phi) is 10.4. The van der Waals surface area contributed by atoms with E-state index in [1.165, 1.54) is 13.2 Å². The highest BCUT2D eigenvalue weighted by Gasteiger charge is 2.09. The van der Waals surface area contributed by atoms with Crippen molar-refractivity contribution in [2.45, 2.75) is 38.5 Å². The van der Waals surface area contributed by atoms with E-state index in [4.69, 9.17) is 9.84 Å². The molecule has 0 atom stereocenters. The number of ether oxygens (including phenoxy) is 2. The second-order valence-corrected chi connectivity index (χ2v) is 7.03. The number of aliphatic hydroxyl groups is 1. The van der Waals surface area contributed by atoms with E-state index in [1.54, 1.807) is 42.5 Å². The van der Waals surface area contributed by atoms with Crippen molar-refractivity contribution in [3.63, 3.8) is 0 Å². The van der Waals surface area contributed by atoms with Gasteiger partial charge in [-0.2, -0.15) is 0 Å². The number of methoxy groups -OCH3 is 1. The summed E-state index contributed by atoms with van der Waals surface area (Å²) in [6, 6.07) is 14.2. The molecule has 5 nitrogen and oxygen atoms in total. The molecule has 0 aliphatic carbocycles. The number of ketones is 1. The van der Waals surface area contributed by atoms with Gasteiger partial charge in [0.15, 0.2) is 5.78 Å². The lowest BCUT2D eigenvalue weighted by atomic mass is 10.0. The van der Waals surface area contributed by atoms with E-state index in [0.29, 0.717) is 17.7 Å². The number of hydrogen-bond donors (Lipinski definition) is 1. The van der Waals surface area contributed by atoms with Crippen LogP contribution in [0, 0.1) is 0 Å². The molecule has 160 valence electrons. The van der Waals surface area contributed by atoms with Crippen LogP contribution in [0.5, 0.6) is 5.75 Å². The van der Waals surface area contributed by atoms with Crippen LogP contribution in [0.25, 0.3) is 6.08 Å². The summed E-state index contributed by atoms with van der Waals surface area (Å²) in [6.07, 6.45) is 9.38. The van der Waals surface area contributed by atoms with Gasteiger partial charge >= 0.3 is 5.97 Å². The molecule has 0 unspecified atom stereocenters. The van der Waals surface area contributed by atoms with E-state index in [-0.39, 0.29) is 12.4 Å². The van der Waals surface area contributed by atoms with Crippen LogP contribution in [0.4, 0.5) is 0 Å². The van der Waals surface area contributed by atoms with Gasteiger partial charge in [0.05, 0.1) is 13.7 Å². The fraction of sp³-hybridized carbons (Fsp3) is 0.360. The zero-order valence-corrected chi connectivity index (χ0v) is 17.5. The Bertz CT molecular complexity index is 806. The minimum atomic E-state index is -0.421. The first-order valence-corrected chi connectivity index (χ1v) is 10.4. The molecular weight excluding hydrogens is 380 g/mol. The Morgan fingerprint density at radius 3 is 2.00 bits per heavy atom. The van der Waals surface area contributed by atoms with Crippen LogP contribution in [0.1, 0.15) is 60.0 Å². The molecule has 0 spiro atoms. The van der Waals surface area contributed by atoms with Crippen molar-refractivity contribution in [2.75, 3.05) is 20.3 Å². The highest BCUT2D eigenvalue weighted by atomic mass is 16.5. The van der Waals surface area contributed by atoms with Gasteiger partial charge in [0.2, 0.25) is 0 Å². The molecule has 0 fully saturated rings. The first-order valence-electron chi connectivity index (χ1n) is 10.4. The van der Waals surface area contributed by atoms with Crippen LogP contribution in [0.15, 0.2) is 54.6 Å². The third-order valence-corrected chi connectivity index (χ3v) is 4.72. The lowest BCUT2D eigenvalue weighted by Gasteiger charge is -2.07. The summed E-state index contributed by atoms with van der Waals surface area (Å²) in [5, 5.41) is 8.75. The van der Waals surface area contributed by atoms with E-state index in [1.807, 2.05) is 12.1 Å². The van der Waals surface area contributed by atoms with Crippen LogP contribution in [-0.2, 0) is 9.53 Å². The van der Waals surface area contributed by atoms with Crippen LogP contribution in [0.3, 0.4) is 0 Å². The number of unbranched alkanes of at least 4 members (excludes halogenated alkanes) is 5. The number of hydrogen-bond acceptors (Lipinski definition) is 5. The van der Waals surface area contributed by atoms with Crippen molar-refractivity contribution in [3.8, 4) is 5.75 Å². The average molecular weight is 411 g/mol. The number of rotatable bonds is 13. The largest absolute Gasteiger partial charge is 0.494 e. The molecule has 0 bridgehead atoms. The molecule has 0 saturated heterocycles. The number of benzene rings is 2. The van der Waals surface area contributed by atoms with Crippen molar-refractivity contribution in [1.29, 1.82) is 0 Å². The predicted molar refractivity (Wildman–Crippen MR) is 118 cm³/mol. The topological polar surface area (TPSA) is 72.8 Å². The summed E-state index contributed by atoms with van der Waals surface area (Å²) < 4.78 is 10.3. The third kappa shape index (κ3) is 8.21. The normalized spacial score (nSPS) is 10.9. The molecule has 0 radical (unpaired) electrons. The molecular formula is C25H30O5. The first-order chi connectivity index (χ1) is 14.6. The minimum Gasteiger partial charge on any atom is -0.494 e. The maximum atomic E-state index is 12.6. The molecule has 5 heteroatoms. The lowest BCUT2D eigenvalue weighted by Crippen LogP contribution is -2.02. The number of carbonyl (C=O) groups excluding carboxylic acids is 2. The molecule has 0 aromatic heterocycles. The summed E-state index contributed by atoms with van der Waals surface area (Å²) in [5.41, 5.74) is 2.00. The van der Waals surface area contributed by atoms with Crippen LogP contribution in [0.2, 0.25) is 0 Å². The van der Waals surface area contributed by atoms with Gasteiger partial charge in [-0.1, -0.05) is 49.9 Å². The Labute approximate surface area is 178 Å². The molecule has 2 aromatic carbocycles. The van der Waals surface area contributed by atoms with E-state index in [2.05, 4.69) is 4.74 Å². The molecule has 0 aliphatic heterocycles. The molecule has 2 aromatic rings. The van der Waals surface area contributed by atoms with Gasteiger partial charge in [-0.05, 0) is 48.7 Å². The zero-order valence-electron chi connectivity index (χ0n) is 17.5. The zero-order chi connectivity index (χ0) is 21.6. The SMILES string of the molecule is COC(=O)/C=C/c1ccc(C(=O)c2ccc(OCCCCCCCCO)cc2)cc1. The quantitative estimate of drug-likeness (QED) is 0.222. The maximum absolute atomic E-state index is 12.6. The maximum Gasteiger partial charge on any atom is 0.330 e. The summed E-state index contributed by atoms with van der Waals surface area (Å²) >= 11 is 0. The third-order valence-electron chi connectivity index (χ3n) is 4.72. The monoisotopic (exact) mass is 410 g/mol. The van der Waals surface area contributed by atoms with E-state index in [9.17, 15) is 9.59 Å². The number of carbonyl (C=O) groups is 2. The molecule has 30 heavy (non-hydrogen) atoms. The van der Waals surface area contributed by atoms with Crippen molar-refractivity contribution in [1.82, 2.24) is 0 Å². The standard InChI is InChI=1S/C25H30O5/c1-29-24(27)17-10-20-8-11-21(12-9-20)25(28)22-13-15-23(16-14-22)30-19-7-5-3-2-4-6-18-26/h8-17,26H,2-7,18-19H2,1H3/b17-10+. The van der Waals surface area contributed by atoms with Crippen molar-refractivity contribution < 1.29 is 24.2 Å². The Hall–Kier alpha value is -2.92. The molecule has 0 amide bonds. The number of aliphatic hydroxyl groups excluding tert-OH is 1. The molecule has 0 heterocycles. The molecule has 1 N–H and O–H groups in total. The second-order valence-electron chi connectivity index (χ2n) is 7.03. The number of esters is 1. The summed E-state index contributed by atoms with van der Waals surface area (Å²) in [4.78, 5) is 23.8. The van der Waals surface area contributed by atoms with Crippen LogP contribution < -0.4 is 4.74 Å². The highest BCUT2D eigenvalue weighted by Crippen LogP contribution is 2.17. The van der Waals surface area contributed by atoms with E-state index >= 15 is 0 Å². The van der Waals surface area contributed by atoms with Crippen LogP contribution >= 0.6 is 0 Å². The van der Waals surface area contributed by atoms with Gasteiger partial charge < -0.3 is 14.6 Å². The summed E-state index contributed by atoms with van der Waals surface area (Å²) in [6.45, 7) is 0.940. The molecule has 0 saturated carbocycles. The predicted octanol–water partition coefficient (Wildman–Crippen LogP) is 4.82. The van der Waals surface area contributed by atoms with Gasteiger partial charge in [0, 0.05) is 23.8 Å². The van der Waals surface area contributed by atoms with Crippen molar-refractivity contribution >= 4 is 17.8 Å². The van der Waals surface area contributed by atoms with E-state index < -0.39 is 5.97 Å². The Balaban J connectivity index is 1.79. The molecule has 2 rings (SSSR count). The van der Waals surface area contributed by atoms with Crippen molar-refractivity contribution in [3.05, 3.63) is 71.3 Å². The smallest absolute Gasteiger partial charge is 0.330 e. The van der Waals surface area contributed by atoms with Gasteiger partial charge in [0.1, 0.15) is 5.75 Å². The highest BCUT2D eigenvalue weighted by molar-refractivity contribution is 6.09. The van der Waals surface area contributed by atoms with E-state index in [0.717, 1.165) is 49.8 Å². The van der Waals surface area contributed by atoms with Crippen molar-refractivity contribution in [2.24, 2.45) is 0 Å². The average Bonchev–Trinajstić information content (AvgIpc) is 2.79. The van der Waals surface area contributed by atoms with Crippen LogP contribution in [-0.4, -0.2) is 37.2 Å². The minimum absolute atomic E-state index is 0.0621. The van der Waals surface area contributed by atoms with Gasteiger partial charge in [-0.3, -0.25) is 4.79 Å². The molecule has 0 aliphatic rings.